The fourth-order valence-corrected chi connectivity index (χ4v) is 2.81. The lowest BCUT2D eigenvalue weighted by Gasteiger charge is -2.41. The molecule has 0 radical (unpaired) electrons. The van der Waals surface area contributed by atoms with Gasteiger partial charge in [-0.2, -0.15) is 0 Å². The van der Waals surface area contributed by atoms with E-state index in [1.54, 1.807) is 6.92 Å². The van der Waals surface area contributed by atoms with Crippen LogP contribution < -0.4 is 0 Å². The van der Waals surface area contributed by atoms with Crippen LogP contribution in [0.3, 0.4) is 0 Å². The molecule has 2 heteroatoms. The van der Waals surface area contributed by atoms with Crippen LogP contribution in [0.1, 0.15) is 26.2 Å². The Morgan fingerprint density at radius 1 is 1.62 bits per heavy atom. The Balaban J connectivity index is 2.09. The monoisotopic (exact) mass is 180 g/mol. The third-order valence-corrected chi connectivity index (χ3v) is 3.57. The van der Waals surface area contributed by atoms with Crippen molar-refractivity contribution in [3.05, 3.63) is 12.2 Å². The molecular formula is C11H16O2. The number of hydrogen-bond donors (Lipinski definition) is 1. The van der Waals surface area contributed by atoms with Gasteiger partial charge >= 0.3 is 0 Å². The van der Waals surface area contributed by atoms with Crippen molar-refractivity contribution in [3.63, 3.8) is 0 Å². The molecular weight excluding hydrogens is 164 g/mol. The van der Waals surface area contributed by atoms with Crippen LogP contribution in [-0.4, -0.2) is 17.0 Å². The molecule has 2 aliphatic rings. The van der Waals surface area contributed by atoms with E-state index < -0.39 is 6.10 Å². The molecule has 2 aliphatic carbocycles. The number of ketones is 1. The second kappa shape index (κ2) is 2.95. The van der Waals surface area contributed by atoms with Gasteiger partial charge < -0.3 is 5.11 Å². The minimum absolute atomic E-state index is 0.120. The van der Waals surface area contributed by atoms with Crippen LogP contribution in [0.2, 0.25) is 0 Å². The number of Topliss-reactive ketones (excluding diaryl/α,β-unsaturated/α-hetero) is 1. The first-order valence-corrected chi connectivity index (χ1v) is 5.00. The van der Waals surface area contributed by atoms with Crippen molar-refractivity contribution in [2.24, 2.45) is 17.8 Å². The van der Waals surface area contributed by atoms with Crippen LogP contribution in [0.25, 0.3) is 0 Å². The number of carbonyl (C=O) groups is 1. The van der Waals surface area contributed by atoms with Crippen molar-refractivity contribution >= 4 is 5.78 Å². The van der Waals surface area contributed by atoms with Crippen LogP contribution in [-0.2, 0) is 4.79 Å². The maximum absolute atomic E-state index is 11.6. The van der Waals surface area contributed by atoms with Gasteiger partial charge in [-0.15, -0.1) is 0 Å². The minimum Gasteiger partial charge on any atom is -0.388 e. The predicted octanol–water partition coefficient (Wildman–Crippen LogP) is 1.54. The van der Waals surface area contributed by atoms with Gasteiger partial charge in [0.2, 0.25) is 0 Å². The molecule has 2 rings (SSSR count). The zero-order chi connectivity index (χ0) is 9.59. The normalized spacial score (nSPS) is 39.5. The topological polar surface area (TPSA) is 37.3 Å². The zero-order valence-electron chi connectivity index (χ0n) is 7.99. The van der Waals surface area contributed by atoms with E-state index in [9.17, 15) is 9.90 Å². The highest BCUT2D eigenvalue weighted by atomic mass is 16.3. The summed E-state index contributed by atoms with van der Waals surface area (Å²) in [6.07, 6.45) is 2.72. The maximum atomic E-state index is 11.6. The van der Waals surface area contributed by atoms with Gasteiger partial charge in [0.1, 0.15) is 5.78 Å². The quantitative estimate of drug-likeness (QED) is 0.654. The Hall–Kier alpha value is -0.630. The summed E-state index contributed by atoms with van der Waals surface area (Å²) in [5, 5.41) is 9.74. The predicted molar refractivity (Wildman–Crippen MR) is 50.1 cm³/mol. The molecule has 0 spiro atoms. The van der Waals surface area contributed by atoms with E-state index in [4.69, 9.17) is 0 Å². The van der Waals surface area contributed by atoms with Crippen LogP contribution in [0.4, 0.5) is 0 Å². The summed E-state index contributed by atoms with van der Waals surface area (Å²) < 4.78 is 0. The fraction of sp³-hybridized carbons (Fsp3) is 0.727. The molecule has 2 fully saturated rings. The Bertz CT molecular complexity index is 257. The molecule has 2 saturated carbocycles. The van der Waals surface area contributed by atoms with Gasteiger partial charge in [0, 0.05) is 5.92 Å². The lowest BCUT2D eigenvalue weighted by atomic mass is 9.62. The molecule has 2 nitrogen and oxygen atoms in total. The van der Waals surface area contributed by atoms with Gasteiger partial charge in [0.05, 0.1) is 12.0 Å². The van der Waals surface area contributed by atoms with E-state index in [0.717, 1.165) is 24.8 Å². The number of rotatable bonds is 2. The summed E-state index contributed by atoms with van der Waals surface area (Å²) in [7, 11) is 0. The second-order valence-corrected chi connectivity index (χ2v) is 4.42. The van der Waals surface area contributed by atoms with E-state index in [0.29, 0.717) is 5.92 Å². The number of carbonyl (C=O) groups excluding carboxylic acids is 1. The molecule has 0 heterocycles. The molecule has 4 atom stereocenters. The van der Waals surface area contributed by atoms with E-state index in [1.807, 2.05) is 0 Å². The highest BCUT2D eigenvalue weighted by Crippen LogP contribution is 2.50. The molecule has 0 aromatic rings. The highest BCUT2D eigenvalue weighted by molar-refractivity contribution is 5.91. The van der Waals surface area contributed by atoms with E-state index in [-0.39, 0.29) is 17.6 Å². The Morgan fingerprint density at radius 2 is 2.31 bits per heavy atom. The summed E-state index contributed by atoms with van der Waals surface area (Å²) in [6, 6.07) is 0. The van der Waals surface area contributed by atoms with Crippen LogP contribution in [0.5, 0.6) is 0 Å². The molecule has 4 unspecified atom stereocenters. The molecule has 0 bridgehead atoms. The first-order chi connectivity index (χ1) is 6.13. The molecule has 0 aromatic heterocycles. The molecule has 0 aromatic carbocycles. The first-order valence-electron chi connectivity index (χ1n) is 5.00. The lowest BCUT2D eigenvalue weighted by Crippen LogP contribution is -2.50. The summed E-state index contributed by atoms with van der Waals surface area (Å²) in [5.74, 6) is 0.890. The van der Waals surface area contributed by atoms with E-state index in [2.05, 4.69) is 6.58 Å². The van der Waals surface area contributed by atoms with Crippen molar-refractivity contribution in [1.29, 1.82) is 0 Å². The number of fused-ring (bicyclic) bond motifs is 1. The molecule has 72 valence electrons. The third kappa shape index (κ3) is 1.16. The molecule has 1 N–H and O–H groups in total. The molecule has 13 heavy (non-hydrogen) atoms. The summed E-state index contributed by atoms with van der Waals surface area (Å²) >= 11 is 0. The molecule has 0 saturated heterocycles. The number of hydrogen-bond acceptors (Lipinski definition) is 2. The summed E-state index contributed by atoms with van der Waals surface area (Å²) in [5.41, 5.74) is 0.726. The van der Waals surface area contributed by atoms with Crippen molar-refractivity contribution in [1.82, 2.24) is 0 Å². The fourth-order valence-electron chi connectivity index (χ4n) is 2.81. The van der Waals surface area contributed by atoms with Crippen LogP contribution in [0, 0.1) is 17.8 Å². The van der Waals surface area contributed by atoms with Crippen molar-refractivity contribution in [2.45, 2.75) is 32.3 Å². The van der Waals surface area contributed by atoms with Crippen molar-refractivity contribution in [3.8, 4) is 0 Å². The highest BCUT2D eigenvalue weighted by Gasteiger charge is 2.54. The number of aliphatic hydroxyl groups excluding tert-OH is 1. The Morgan fingerprint density at radius 3 is 2.92 bits per heavy atom. The van der Waals surface area contributed by atoms with Crippen LogP contribution >= 0.6 is 0 Å². The summed E-state index contributed by atoms with van der Waals surface area (Å²) in [6.45, 7) is 5.50. The average molecular weight is 180 g/mol. The Labute approximate surface area is 78.6 Å². The number of aliphatic hydroxyl groups is 1. The van der Waals surface area contributed by atoms with E-state index >= 15 is 0 Å². The standard InChI is InChI=1S/C11H16O2/c1-6(2)10(12)9-7-4-3-5-8(7)11(9)13/h7-10,12H,1,3-5H2,2H3. The maximum Gasteiger partial charge on any atom is 0.142 e. The molecule has 0 amide bonds. The average Bonchev–Trinajstić information content (AvgIpc) is 2.48. The van der Waals surface area contributed by atoms with Crippen molar-refractivity contribution in [2.75, 3.05) is 0 Å². The second-order valence-electron chi connectivity index (χ2n) is 4.42. The first kappa shape index (κ1) is 8.95. The zero-order valence-corrected chi connectivity index (χ0v) is 7.99. The lowest BCUT2D eigenvalue weighted by molar-refractivity contribution is -0.146. The third-order valence-electron chi connectivity index (χ3n) is 3.57. The summed E-state index contributed by atoms with van der Waals surface area (Å²) in [4.78, 5) is 11.6. The van der Waals surface area contributed by atoms with Crippen LogP contribution in [0.15, 0.2) is 12.2 Å². The van der Waals surface area contributed by atoms with Gasteiger partial charge in [-0.05, 0) is 25.7 Å². The van der Waals surface area contributed by atoms with Gasteiger partial charge in [0.15, 0.2) is 0 Å². The Kier molecular flexibility index (Phi) is 2.03. The van der Waals surface area contributed by atoms with Gasteiger partial charge in [-0.25, -0.2) is 0 Å². The van der Waals surface area contributed by atoms with E-state index in [1.165, 1.54) is 0 Å². The van der Waals surface area contributed by atoms with Gasteiger partial charge in [-0.1, -0.05) is 18.6 Å². The van der Waals surface area contributed by atoms with Crippen molar-refractivity contribution < 1.29 is 9.90 Å². The van der Waals surface area contributed by atoms with Gasteiger partial charge in [-0.3, -0.25) is 4.79 Å². The SMILES string of the molecule is C=C(C)C(O)C1C(=O)C2CCCC21. The molecule has 0 aliphatic heterocycles. The largest absolute Gasteiger partial charge is 0.388 e. The smallest absolute Gasteiger partial charge is 0.142 e. The minimum atomic E-state index is -0.591. The van der Waals surface area contributed by atoms with Gasteiger partial charge in [0.25, 0.3) is 0 Å².